The average Bonchev–Trinajstić information content (AvgIpc) is 2.78. The van der Waals surface area contributed by atoms with Gasteiger partial charge >= 0.3 is 0 Å². The molecule has 0 amide bonds. The summed E-state index contributed by atoms with van der Waals surface area (Å²) in [5.74, 6) is 0.862. The van der Waals surface area contributed by atoms with E-state index >= 15 is 0 Å². The molecule has 3 rings (SSSR count). The Morgan fingerprint density at radius 1 is 1.35 bits per heavy atom. The molecule has 0 bridgehead atoms. The number of aromatic nitrogens is 2. The Morgan fingerprint density at radius 2 is 2.05 bits per heavy atom. The van der Waals surface area contributed by atoms with Gasteiger partial charge in [0.2, 0.25) is 0 Å². The van der Waals surface area contributed by atoms with Crippen molar-refractivity contribution in [2.45, 2.75) is 37.8 Å². The molecule has 1 atom stereocenters. The third-order valence-corrected chi connectivity index (χ3v) is 5.28. The molecule has 1 aliphatic rings. The number of benzene rings is 1. The third-order valence-electron chi connectivity index (χ3n) is 3.99. The van der Waals surface area contributed by atoms with Gasteiger partial charge in [-0.25, -0.2) is 4.98 Å². The first-order valence-electron chi connectivity index (χ1n) is 7.19. The maximum atomic E-state index is 8.87. The van der Waals surface area contributed by atoms with E-state index < -0.39 is 0 Å². The summed E-state index contributed by atoms with van der Waals surface area (Å²) in [5.41, 5.74) is 5.29. The Hall–Kier alpha value is -1.47. The monoisotopic (exact) mass is 285 g/mol. The van der Waals surface area contributed by atoms with Crippen molar-refractivity contribution in [2.24, 2.45) is 13.0 Å². The number of nitrogens with zero attached hydrogens (tertiary/aromatic N) is 3. The molecule has 20 heavy (non-hydrogen) atoms. The molecule has 0 N–H and O–H groups in total. The highest BCUT2D eigenvalue weighted by Crippen LogP contribution is 2.29. The summed E-state index contributed by atoms with van der Waals surface area (Å²) in [4.78, 5) is 4.74. The van der Waals surface area contributed by atoms with Gasteiger partial charge in [-0.2, -0.15) is 5.26 Å². The number of nitriles is 1. The molecule has 0 spiro atoms. The Morgan fingerprint density at radius 3 is 2.75 bits per heavy atom. The lowest BCUT2D eigenvalue weighted by Gasteiger charge is -2.15. The fourth-order valence-electron chi connectivity index (χ4n) is 2.76. The van der Waals surface area contributed by atoms with E-state index in [1.807, 2.05) is 6.92 Å². The second kappa shape index (κ2) is 5.49. The molecule has 4 heteroatoms. The second-order valence-corrected chi connectivity index (χ2v) is 6.60. The van der Waals surface area contributed by atoms with Crippen LogP contribution in [0.15, 0.2) is 17.3 Å². The zero-order chi connectivity index (χ0) is 14.1. The van der Waals surface area contributed by atoms with Crippen LogP contribution in [0.5, 0.6) is 0 Å². The number of hydrogen-bond donors (Lipinski definition) is 0. The van der Waals surface area contributed by atoms with Crippen molar-refractivity contribution < 1.29 is 0 Å². The number of rotatable bonds is 3. The smallest absolute Gasteiger partial charge is 0.168 e. The van der Waals surface area contributed by atoms with Crippen LogP contribution in [0.25, 0.3) is 11.0 Å². The molecule has 0 aliphatic heterocycles. The lowest BCUT2D eigenvalue weighted by atomic mass is 9.91. The van der Waals surface area contributed by atoms with Crippen LogP contribution < -0.4 is 0 Å². The minimum Gasteiger partial charge on any atom is -0.322 e. The van der Waals surface area contributed by atoms with E-state index in [0.717, 1.165) is 16.4 Å². The van der Waals surface area contributed by atoms with Crippen LogP contribution in [0, 0.1) is 17.2 Å². The topological polar surface area (TPSA) is 41.6 Å². The van der Waals surface area contributed by atoms with E-state index in [9.17, 15) is 0 Å². The van der Waals surface area contributed by atoms with Crippen LogP contribution in [-0.4, -0.2) is 15.3 Å². The molecule has 104 valence electrons. The number of imidazole rings is 1. The van der Waals surface area contributed by atoms with Gasteiger partial charge < -0.3 is 4.57 Å². The molecule has 0 saturated carbocycles. The highest BCUT2D eigenvalue weighted by molar-refractivity contribution is 7.99. The van der Waals surface area contributed by atoms with E-state index in [1.54, 1.807) is 11.8 Å². The molecule has 0 radical (unpaired) electrons. The molecule has 0 fully saturated rings. The van der Waals surface area contributed by atoms with Gasteiger partial charge in [-0.3, -0.25) is 0 Å². The van der Waals surface area contributed by atoms with Crippen LogP contribution in [0.1, 0.15) is 30.9 Å². The van der Waals surface area contributed by atoms with E-state index in [4.69, 9.17) is 10.2 Å². The zero-order valence-electron chi connectivity index (χ0n) is 12.0. The summed E-state index contributed by atoms with van der Waals surface area (Å²) in [6.07, 6.45) is 4.99. The van der Waals surface area contributed by atoms with Gasteiger partial charge in [0.15, 0.2) is 5.16 Å². The highest BCUT2D eigenvalue weighted by Gasteiger charge is 2.15. The standard InChI is InChI=1S/C16H19N3S/c1-11(9-17)10-20-16-18-14-7-12-5-3-4-6-13(12)8-15(14)19(16)2/h7-8,11H,3-6,10H2,1-2H3. The van der Waals surface area contributed by atoms with Gasteiger partial charge in [-0.05, 0) is 55.9 Å². The summed E-state index contributed by atoms with van der Waals surface area (Å²) < 4.78 is 2.17. The number of hydrogen-bond acceptors (Lipinski definition) is 3. The predicted octanol–water partition coefficient (Wildman–Crippen LogP) is 3.70. The van der Waals surface area contributed by atoms with Crippen LogP contribution in [0.4, 0.5) is 0 Å². The average molecular weight is 285 g/mol. The maximum Gasteiger partial charge on any atom is 0.168 e. The van der Waals surface area contributed by atoms with Crippen molar-refractivity contribution in [3.63, 3.8) is 0 Å². The Labute approximate surface area is 124 Å². The quantitative estimate of drug-likeness (QED) is 0.807. The molecule has 1 heterocycles. The van der Waals surface area contributed by atoms with Crippen LogP contribution in [-0.2, 0) is 19.9 Å². The van der Waals surface area contributed by atoms with Crippen molar-refractivity contribution in [1.82, 2.24) is 9.55 Å². The first-order valence-corrected chi connectivity index (χ1v) is 8.18. The van der Waals surface area contributed by atoms with Crippen molar-refractivity contribution in [3.8, 4) is 6.07 Å². The molecular weight excluding hydrogens is 266 g/mol. The van der Waals surface area contributed by atoms with Crippen molar-refractivity contribution in [3.05, 3.63) is 23.3 Å². The lowest BCUT2D eigenvalue weighted by molar-refractivity contribution is 0.686. The maximum absolute atomic E-state index is 8.87. The molecule has 1 aromatic heterocycles. The van der Waals surface area contributed by atoms with Crippen LogP contribution in [0.2, 0.25) is 0 Å². The second-order valence-electron chi connectivity index (χ2n) is 5.61. The first-order chi connectivity index (χ1) is 9.69. The Bertz CT molecular complexity index is 681. The molecule has 3 nitrogen and oxygen atoms in total. The minimum absolute atomic E-state index is 0.0630. The molecule has 1 unspecified atom stereocenters. The Balaban J connectivity index is 1.95. The summed E-state index contributed by atoms with van der Waals surface area (Å²) in [7, 11) is 2.07. The van der Waals surface area contributed by atoms with Gasteiger partial charge in [-0.1, -0.05) is 11.8 Å². The number of thioether (sulfide) groups is 1. The van der Waals surface area contributed by atoms with Gasteiger partial charge in [0.1, 0.15) is 0 Å². The van der Waals surface area contributed by atoms with E-state index in [1.165, 1.54) is 42.3 Å². The minimum atomic E-state index is 0.0630. The van der Waals surface area contributed by atoms with E-state index in [2.05, 4.69) is 29.8 Å². The predicted molar refractivity (Wildman–Crippen MR) is 82.9 cm³/mol. The summed E-state index contributed by atoms with van der Waals surface area (Å²) in [5, 5.41) is 9.89. The third kappa shape index (κ3) is 2.43. The number of aryl methyl sites for hydroxylation is 3. The number of fused-ring (bicyclic) bond motifs is 2. The highest BCUT2D eigenvalue weighted by atomic mass is 32.2. The van der Waals surface area contributed by atoms with Crippen molar-refractivity contribution in [1.29, 1.82) is 5.26 Å². The van der Waals surface area contributed by atoms with E-state index in [-0.39, 0.29) is 5.92 Å². The summed E-state index contributed by atoms with van der Waals surface area (Å²) >= 11 is 1.68. The fraction of sp³-hybridized carbons (Fsp3) is 0.500. The van der Waals surface area contributed by atoms with Gasteiger partial charge in [0.25, 0.3) is 0 Å². The van der Waals surface area contributed by atoms with Crippen LogP contribution in [0.3, 0.4) is 0 Å². The zero-order valence-corrected chi connectivity index (χ0v) is 12.8. The summed E-state index contributed by atoms with van der Waals surface area (Å²) in [6, 6.07) is 6.85. The molecule has 0 saturated heterocycles. The molecular formula is C16H19N3S. The molecule has 2 aromatic rings. The first kappa shape index (κ1) is 13.5. The fourth-order valence-corrected chi connectivity index (χ4v) is 3.69. The van der Waals surface area contributed by atoms with Crippen molar-refractivity contribution in [2.75, 3.05) is 5.75 Å². The Kier molecular flexibility index (Phi) is 3.71. The SMILES string of the molecule is CC(C#N)CSc1nc2cc3c(cc2n1C)CCCC3. The van der Waals surface area contributed by atoms with E-state index in [0.29, 0.717) is 0 Å². The van der Waals surface area contributed by atoms with Gasteiger partial charge in [0, 0.05) is 12.8 Å². The van der Waals surface area contributed by atoms with Crippen LogP contribution >= 0.6 is 11.8 Å². The lowest BCUT2D eigenvalue weighted by Crippen LogP contribution is -2.02. The summed E-state index contributed by atoms with van der Waals surface area (Å²) in [6.45, 7) is 1.95. The van der Waals surface area contributed by atoms with Crippen molar-refractivity contribution >= 4 is 22.8 Å². The van der Waals surface area contributed by atoms with Gasteiger partial charge in [-0.15, -0.1) is 0 Å². The normalized spacial score (nSPS) is 15.8. The molecule has 1 aliphatic carbocycles. The molecule has 1 aromatic carbocycles. The largest absolute Gasteiger partial charge is 0.322 e. The van der Waals surface area contributed by atoms with Gasteiger partial charge in [0.05, 0.1) is 23.0 Å².